The maximum absolute atomic E-state index is 11.7. The average molecular weight is 387 g/mol. The molecule has 0 aliphatic rings. The van der Waals surface area contributed by atoms with E-state index in [4.69, 9.17) is 14.2 Å². The topological polar surface area (TPSA) is 61.8 Å². The standard InChI is InChI=1S/C22H42O5/c1-4-5-6-7-8-9-12-17-26-21(23)13-10-11-14-22(24)27-19-16-20(2)15-18-25-3/h20H,4-19H2,1-3H3. The van der Waals surface area contributed by atoms with Crippen molar-refractivity contribution < 1.29 is 23.8 Å². The van der Waals surface area contributed by atoms with Crippen molar-refractivity contribution in [1.29, 1.82) is 0 Å². The molecule has 0 fully saturated rings. The minimum Gasteiger partial charge on any atom is -0.466 e. The highest BCUT2D eigenvalue weighted by Crippen LogP contribution is 2.09. The van der Waals surface area contributed by atoms with E-state index >= 15 is 0 Å². The smallest absolute Gasteiger partial charge is 0.305 e. The molecule has 0 amide bonds. The van der Waals surface area contributed by atoms with Crippen molar-refractivity contribution in [2.24, 2.45) is 5.92 Å². The number of unbranched alkanes of at least 4 members (excludes halogenated alkanes) is 7. The van der Waals surface area contributed by atoms with Crippen LogP contribution in [0.15, 0.2) is 0 Å². The predicted molar refractivity (Wildman–Crippen MR) is 109 cm³/mol. The normalized spacial score (nSPS) is 12.0. The van der Waals surface area contributed by atoms with Gasteiger partial charge in [-0.15, -0.1) is 0 Å². The summed E-state index contributed by atoms with van der Waals surface area (Å²) in [6, 6.07) is 0. The van der Waals surface area contributed by atoms with Crippen molar-refractivity contribution in [2.45, 2.75) is 97.3 Å². The molecule has 0 N–H and O–H groups in total. The number of methoxy groups -OCH3 is 1. The average Bonchev–Trinajstić information content (AvgIpc) is 2.65. The van der Waals surface area contributed by atoms with Gasteiger partial charge in [0.25, 0.3) is 0 Å². The molecule has 5 nitrogen and oxygen atoms in total. The van der Waals surface area contributed by atoms with Crippen LogP contribution >= 0.6 is 0 Å². The lowest BCUT2D eigenvalue weighted by Gasteiger charge is -2.11. The molecule has 0 spiro atoms. The number of hydrogen-bond acceptors (Lipinski definition) is 5. The fourth-order valence-corrected chi connectivity index (χ4v) is 2.77. The van der Waals surface area contributed by atoms with Crippen LogP contribution in [0.1, 0.15) is 97.3 Å². The Hall–Kier alpha value is -1.10. The summed E-state index contributed by atoms with van der Waals surface area (Å²) >= 11 is 0. The van der Waals surface area contributed by atoms with Crippen LogP contribution in [0.3, 0.4) is 0 Å². The molecule has 0 aromatic carbocycles. The summed E-state index contributed by atoms with van der Waals surface area (Å²) in [6.07, 6.45) is 12.4. The molecular formula is C22H42O5. The van der Waals surface area contributed by atoms with Crippen molar-refractivity contribution in [1.82, 2.24) is 0 Å². The Morgan fingerprint density at radius 3 is 1.81 bits per heavy atom. The summed E-state index contributed by atoms with van der Waals surface area (Å²) in [5, 5.41) is 0. The van der Waals surface area contributed by atoms with E-state index in [0.29, 0.717) is 44.8 Å². The highest BCUT2D eigenvalue weighted by molar-refractivity contribution is 5.70. The zero-order valence-electron chi connectivity index (χ0n) is 17.9. The minimum atomic E-state index is -0.176. The Kier molecular flexibility index (Phi) is 18.9. The number of carbonyl (C=O) groups excluding carboxylic acids is 2. The van der Waals surface area contributed by atoms with Crippen LogP contribution in [0, 0.1) is 5.92 Å². The van der Waals surface area contributed by atoms with Crippen molar-refractivity contribution in [3.8, 4) is 0 Å². The van der Waals surface area contributed by atoms with Gasteiger partial charge in [0, 0.05) is 26.6 Å². The number of hydrogen-bond donors (Lipinski definition) is 0. The molecule has 0 saturated carbocycles. The number of carbonyl (C=O) groups is 2. The van der Waals surface area contributed by atoms with Crippen molar-refractivity contribution >= 4 is 11.9 Å². The van der Waals surface area contributed by atoms with E-state index in [-0.39, 0.29) is 11.9 Å². The predicted octanol–water partition coefficient (Wildman–Crippen LogP) is 5.45. The highest BCUT2D eigenvalue weighted by atomic mass is 16.5. The van der Waals surface area contributed by atoms with E-state index in [1.165, 1.54) is 32.1 Å². The van der Waals surface area contributed by atoms with Crippen molar-refractivity contribution in [3.05, 3.63) is 0 Å². The fraction of sp³-hybridized carbons (Fsp3) is 0.909. The number of esters is 2. The van der Waals surface area contributed by atoms with E-state index in [0.717, 1.165) is 32.3 Å². The molecule has 0 heterocycles. The first-order valence-corrected chi connectivity index (χ1v) is 10.9. The SMILES string of the molecule is CCCCCCCCCOC(=O)CCCCC(=O)OCCC(C)CCOC. The van der Waals surface area contributed by atoms with Crippen LogP contribution in [0.25, 0.3) is 0 Å². The third kappa shape index (κ3) is 19.5. The fourth-order valence-electron chi connectivity index (χ4n) is 2.77. The molecule has 27 heavy (non-hydrogen) atoms. The minimum absolute atomic E-state index is 0.152. The van der Waals surface area contributed by atoms with Gasteiger partial charge >= 0.3 is 11.9 Å². The maximum atomic E-state index is 11.7. The van der Waals surface area contributed by atoms with Gasteiger partial charge in [0.2, 0.25) is 0 Å². The zero-order chi connectivity index (χ0) is 20.2. The van der Waals surface area contributed by atoms with Gasteiger partial charge in [-0.25, -0.2) is 0 Å². The first-order valence-electron chi connectivity index (χ1n) is 10.9. The molecule has 160 valence electrons. The highest BCUT2D eigenvalue weighted by Gasteiger charge is 2.08. The monoisotopic (exact) mass is 386 g/mol. The lowest BCUT2D eigenvalue weighted by molar-refractivity contribution is -0.146. The summed E-state index contributed by atoms with van der Waals surface area (Å²) in [4.78, 5) is 23.3. The summed E-state index contributed by atoms with van der Waals surface area (Å²) < 4.78 is 15.5. The van der Waals surface area contributed by atoms with Crippen LogP contribution < -0.4 is 0 Å². The van der Waals surface area contributed by atoms with Crippen LogP contribution in [-0.4, -0.2) is 38.9 Å². The van der Waals surface area contributed by atoms with Gasteiger partial charge in [0.05, 0.1) is 13.2 Å². The maximum Gasteiger partial charge on any atom is 0.305 e. The zero-order valence-corrected chi connectivity index (χ0v) is 17.9. The molecule has 0 radical (unpaired) electrons. The second-order valence-corrected chi connectivity index (χ2v) is 7.44. The molecule has 0 aliphatic carbocycles. The molecule has 0 aromatic heterocycles. The Morgan fingerprint density at radius 2 is 1.22 bits per heavy atom. The van der Waals surface area contributed by atoms with Gasteiger partial charge < -0.3 is 14.2 Å². The van der Waals surface area contributed by atoms with Crippen LogP contribution in [0.5, 0.6) is 0 Å². The van der Waals surface area contributed by atoms with Crippen molar-refractivity contribution in [2.75, 3.05) is 26.9 Å². The largest absolute Gasteiger partial charge is 0.466 e. The van der Waals surface area contributed by atoms with E-state index in [1.807, 2.05) is 0 Å². The molecule has 0 saturated heterocycles. The first-order chi connectivity index (χ1) is 13.1. The number of ether oxygens (including phenoxy) is 3. The lowest BCUT2D eigenvalue weighted by Crippen LogP contribution is -2.10. The van der Waals surface area contributed by atoms with E-state index < -0.39 is 0 Å². The summed E-state index contributed by atoms with van der Waals surface area (Å²) in [5.41, 5.74) is 0. The van der Waals surface area contributed by atoms with Crippen LogP contribution in [-0.2, 0) is 23.8 Å². The van der Waals surface area contributed by atoms with Gasteiger partial charge in [0.1, 0.15) is 0 Å². The third-order valence-corrected chi connectivity index (χ3v) is 4.71. The summed E-state index contributed by atoms with van der Waals surface area (Å²) in [7, 11) is 1.69. The molecule has 5 heteroatoms. The Balaban J connectivity index is 3.40. The second kappa shape index (κ2) is 19.7. The molecule has 0 rings (SSSR count). The Labute approximate surface area is 166 Å². The van der Waals surface area contributed by atoms with E-state index in [2.05, 4.69) is 13.8 Å². The molecule has 0 bridgehead atoms. The Bertz CT molecular complexity index is 357. The van der Waals surface area contributed by atoms with Gasteiger partial charge in [-0.3, -0.25) is 9.59 Å². The number of rotatable bonds is 19. The first kappa shape index (κ1) is 25.9. The van der Waals surface area contributed by atoms with E-state index in [1.54, 1.807) is 7.11 Å². The molecule has 0 aliphatic heterocycles. The van der Waals surface area contributed by atoms with Gasteiger partial charge in [-0.1, -0.05) is 52.4 Å². The van der Waals surface area contributed by atoms with Crippen LogP contribution in [0.4, 0.5) is 0 Å². The molecule has 1 unspecified atom stereocenters. The quantitative estimate of drug-likeness (QED) is 0.218. The van der Waals surface area contributed by atoms with Crippen molar-refractivity contribution in [3.63, 3.8) is 0 Å². The third-order valence-electron chi connectivity index (χ3n) is 4.71. The van der Waals surface area contributed by atoms with Gasteiger partial charge in [-0.05, 0) is 38.0 Å². The molecular weight excluding hydrogens is 344 g/mol. The molecule has 1 atom stereocenters. The van der Waals surface area contributed by atoms with Crippen LogP contribution in [0.2, 0.25) is 0 Å². The van der Waals surface area contributed by atoms with Gasteiger partial charge in [0.15, 0.2) is 0 Å². The Morgan fingerprint density at radius 1 is 0.704 bits per heavy atom. The second-order valence-electron chi connectivity index (χ2n) is 7.44. The summed E-state index contributed by atoms with van der Waals surface area (Å²) in [6.45, 7) is 6.07. The molecule has 0 aromatic rings. The van der Waals surface area contributed by atoms with E-state index in [9.17, 15) is 9.59 Å². The van der Waals surface area contributed by atoms with Gasteiger partial charge in [-0.2, -0.15) is 0 Å². The summed E-state index contributed by atoms with van der Waals surface area (Å²) in [5.74, 6) is 0.163. The lowest BCUT2D eigenvalue weighted by atomic mass is 10.1.